The lowest BCUT2D eigenvalue weighted by molar-refractivity contribution is -0.147. The standard InChI is InChI=1S/C30H46O3/c1-19(2)20(3)10-11-21(4)27-14-15-28-24(9-8-16-30(27,28)7)12-13-25-17-26(33-23(6)31)18-29(32)22(25)5/h10-13,19-21,26-29,32H,5,8-9,14-18H2,1-4,6-7H3/b11-10+,24-12-,25-13-/t20-,21+,26?,27+,28-,29+,30+/m0/s1. The van der Waals surface area contributed by atoms with Gasteiger partial charge in [-0.05, 0) is 78.3 Å². The summed E-state index contributed by atoms with van der Waals surface area (Å²) >= 11 is 0. The molecule has 0 aromatic rings. The third-order valence-electron chi connectivity index (χ3n) is 9.02. The van der Waals surface area contributed by atoms with Gasteiger partial charge in [0.15, 0.2) is 0 Å². The SMILES string of the molecule is C=C1/C(=C\C=C2\CCC[C@]3(C)[C@@H]([C@H](C)/C=C/[C@H](C)C(C)C)CC[C@@H]23)CC(OC(C)=O)C[C@H]1O. The molecule has 0 radical (unpaired) electrons. The van der Waals surface area contributed by atoms with Crippen molar-refractivity contribution in [3.8, 4) is 0 Å². The Bertz CT molecular complexity index is 816. The van der Waals surface area contributed by atoms with Gasteiger partial charge in [0.2, 0.25) is 0 Å². The molecule has 0 aromatic carbocycles. The van der Waals surface area contributed by atoms with Crippen molar-refractivity contribution < 1.29 is 14.6 Å². The Labute approximate surface area is 202 Å². The zero-order chi connectivity index (χ0) is 24.3. The first-order chi connectivity index (χ1) is 15.5. The Morgan fingerprint density at radius 2 is 1.91 bits per heavy atom. The fourth-order valence-electron chi connectivity index (χ4n) is 6.62. The number of hydrogen-bond donors (Lipinski definition) is 1. The maximum atomic E-state index is 11.4. The molecule has 3 nitrogen and oxygen atoms in total. The lowest BCUT2D eigenvalue weighted by Crippen LogP contribution is -2.35. The molecule has 0 aromatic heterocycles. The minimum absolute atomic E-state index is 0.263. The number of carbonyl (C=O) groups is 1. The van der Waals surface area contributed by atoms with Crippen molar-refractivity contribution in [1.29, 1.82) is 0 Å². The van der Waals surface area contributed by atoms with Crippen LogP contribution in [0.5, 0.6) is 0 Å². The van der Waals surface area contributed by atoms with Gasteiger partial charge in [0, 0.05) is 19.8 Å². The van der Waals surface area contributed by atoms with Crippen LogP contribution in [0.1, 0.15) is 86.5 Å². The van der Waals surface area contributed by atoms with Crippen molar-refractivity contribution in [2.75, 3.05) is 0 Å². The summed E-state index contributed by atoms with van der Waals surface area (Å²) in [5.41, 5.74) is 3.71. The molecule has 1 N–H and O–H groups in total. The maximum absolute atomic E-state index is 11.4. The normalized spacial score (nSPS) is 37.0. The van der Waals surface area contributed by atoms with Gasteiger partial charge in [-0.1, -0.05) is 71.1 Å². The van der Waals surface area contributed by atoms with Crippen molar-refractivity contribution >= 4 is 5.97 Å². The van der Waals surface area contributed by atoms with Crippen LogP contribution in [-0.2, 0) is 9.53 Å². The number of hydrogen-bond acceptors (Lipinski definition) is 3. The fourth-order valence-corrected chi connectivity index (χ4v) is 6.62. The molecule has 0 saturated heterocycles. The summed E-state index contributed by atoms with van der Waals surface area (Å²) in [5.74, 6) is 3.00. The van der Waals surface area contributed by atoms with Gasteiger partial charge in [-0.25, -0.2) is 0 Å². The van der Waals surface area contributed by atoms with Gasteiger partial charge in [0.25, 0.3) is 0 Å². The number of aliphatic hydroxyl groups excluding tert-OH is 1. The molecule has 3 aliphatic rings. The second-order valence-corrected chi connectivity index (χ2v) is 11.6. The number of fused-ring (bicyclic) bond motifs is 1. The third-order valence-corrected chi connectivity index (χ3v) is 9.02. The molecule has 0 amide bonds. The highest BCUT2D eigenvalue weighted by atomic mass is 16.5. The number of allylic oxidation sites excluding steroid dienone is 5. The Balaban J connectivity index is 1.76. The van der Waals surface area contributed by atoms with Crippen LogP contribution in [0.25, 0.3) is 0 Å². The smallest absolute Gasteiger partial charge is 0.302 e. The maximum Gasteiger partial charge on any atom is 0.302 e. The minimum atomic E-state index is -0.638. The average Bonchev–Trinajstić information content (AvgIpc) is 3.10. The summed E-state index contributed by atoms with van der Waals surface area (Å²) in [4.78, 5) is 11.4. The molecule has 3 rings (SSSR count). The summed E-state index contributed by atoms with van der Waals surface area (Å²) in [7, 11) is 0. The van der Waals surface area contributed by atoms with Crippen LogP contribution >= 0.6 is 0 Å². The van der Waals surface area contributed by atoms with Crippen LogP contribution < -0.4 is 0 Å². The number of rotatable bonds is 6. The van der Waals surface area contributed by atoms with Crippen LogP contribution in [0.4, 0.5) is 0 Å². The predicted octanol–water partition coefficient (Wildman–Crippen LogP) is 7.18. The summed E-state index contributed by atoms with van der Waals surface area (Å²) < 4.78 is 5.40. The van der Waals surface area contributed by atoms with E-state index >= 15 is 0 Å². The lowest BCUT2D eigenvalue weighted by Gasteiger charge is -2.44. The van der Waals surface area contributed by atoms with E-state index in [0.717, 1.165) is 23.5 Å². The molecule has 7 atom stereocenters. The summed E-state index contributed by atoms with van der Waals surface area (Å²) in [5, 5.41) is 10.4. The average molecular weight is 455 g/mol. The second-order valence-electron chi connectivity index (χ2n) is 11.6. The van der Waals surface area contributed by atoms with Gasteiger partial charge in [-0.15, -0.1) is 0 Å². The summed E-state index contributed by atoms with van der Waals surface area (Å²) in [6.45, 7) is 17.4. The first-order valence-electron chi connectivity index (χ1n) is 13.1. The molecular formula is C30H46O3. The molecule has 0 spiro atoms. The van der Waals surface area contributed by atoms with E-state index in [-0.39, 0.29) is 12.1 Å². The lowest BCUT2D eigenvalue weighted by atomic mass is 9.61. The van der Waals surface area contributed by atoms with E-state index in [9.17, 15) is 9.90 Å². The van der Waals surface area contributed by atoms with E-state index in [1.807, 2.05) is 0 Å². The van der Waals surface area contributed by atoms with E-state index in [1.54, 1.807) is 5.57 Å². The van der Waals surface area contributed by atoms with Crippen molar-refractivity contribution in [2.45, 2.75) is 98.7 Å². The molecule has 0 heterocycles. The molecule has 3 heteroatoms. The van der Waals surface area contributed by atoms with Gasteiger partial charge in [-0.2, -0.15) is 0 Å². The first kappa shape index (κ1) is 26.0. The van der Waals surface area contributed by atoms with E-state index in [1.165, 1.54) is 32.6 Å². The molecule has 33 heavy (non-hydrogen) atoms. The third kappa shape index (κ3) is 5.91. The fraction of sp³-hybridized carbons (Fsp3) is 0.700. The molecular weight excluding hydrogens is 408 g/mol. The quantitative estimate of drug-likeness (QED) is 0.341. The van der Waals surface area contributed by atoms with Crippen LogP contribution in [0.15, 0.2) is 47.6 Å². The van der Waals surface area contributed by atoms with Gasteiger partial charge in [0.05, 0.1) is 6.10 Å². The van der Waals surface area contributed by atoms with Crippen molar-refractivity contribution in [3.63, 3.8) is 0 Å². The summed E-state index contributed by atoms with van der Waals surface area (Å²) in [6, 6.07) is 0. The van der Waals surface area contributed by atoms with E-state index in [2.05, 4.69) is 65.5 Å². The molecule has 0 bridgehead atoms. The first-order valence-corrected chi connectivity index (χ1v) is 13.1. The highest BCUT2D eigenvalue weighted by Crippen LogP contribution is 2.59. The Kier molecular flexibility index (Phi) is 8.48. The van der Waals surface area contributed by atoms with Gasteiger partial charge in [0.1, 0.15) is 6.10 Å². The van der Waals surface area contributed by atoms with Crippen molar-refractivity contribution in [1.82, 2.24) is 0 Å². The predicted molar refractivity (Wildman–Crippen MR) is 137 cm³/mol. The minimum Gasteiger partial charge on any atom is -0.462 e. The zero-order valence-corrected chi connectivity index (χ0v) is 21.8. The molecule has 3 aliphatic carbocycles. The van der Waals surface area contributed by atoms with Gasteiger partial charge >= 0.3 is 5.97 Å². The van der Waals surface area contributed by atoms with Gasteiger partial charge in [-0.3, -0.25) is 4.79 Å². The Morgan fingerprint density at radius 1 is 1.18 bits per heavy atom. The Hall–Kier alpha value is -1.61. The van der Waals surface area contributed by atoms with Crippen molar-refractivity contribution in [2.24, 2.45) is 35.0 Å². The van der Waals surface area contributed by atoms with Gasteiger partial charge < -0.3 is 9.84 Å². The largest absolute Gasteiger partial charge is 0.462 e. The van der Waals surface area contributed by atoms with Crippen molar-refractivity contribution in [3.05, 3.63) is 47.6 Å². The Morgan fingerprint density at radius 3 is 2.58 bits per heavy atom. The molecule has 184 valence electrons. The second kappa shape index (κ2) is 10.8. The highest BCUT2D eigenvalue weighted by Gasteiger charge is 2.50. The monoisotopic (exact) mass is 454 g/mol. The van der Waals surface area contributed by atoms with E-state index in [4.69, 9.17) is 4.74 Å². The number of aliphatic hydroxyl groups is 1. The number of ether oxygens (including phenoxy) is 1. The summed E-state index contributed by atoms with van der Waals surface area (Å²) in [6.07, 6.45) is 15.9. The number of esters is 1. The zero-order valence-electron chi connectivity index (χ0n) is 21.8. The molecule has 0 aliphatic heterocycles. The van der Waals surface area contributed by atoms with Crippen LogP contribution in [0.3, 0.4) is 0 Å². The molecule has 3 saturated carbocycles. The number of carbonyl (C=O) groups excluding carboxylic acids is 1. The van der Waals surface area contributed by atoms with E-state index < -0.39 is 6.10 Å². The molecule has 1 unspecified atom stereocenters. The topological polar surface area (TPSA) is 46.5 Å². The van der Waals surface area contributed by atoms with E-state index in [0.29, 0.717) is 41.9 Å². The van der Waals surface area contributed by atoms with Crippen LogP contribution in [0, 0.1) is 35.0 Å². The molecule has 3 fully saturated rings. The van der Waals surface area contributed by atoms with Crippen LogP contribution in [0.2, 0.25) is 0 Å². The highest BCUT2D eigenvalue weighted by molar-refractivity contribution is 5.66. The van der Waals surface area contributed by atoms with Crippen LogP contribution in [-0.4, -0.2) is 23.3 Å².